The smallest absolute Gasteiger partial charge is 0.101 e. The lowest BCUT2D eigenvalue weighted by Crippen LogP contribution is -2.22. The summed E-state index contributed by atoms with van der Waals surface area (Å²) < 4.78 is 0. The van der Waals surface area contributed by atoms with Gasteiger partial charge in [-0.2, -0.15) is 5.26 Å². The molecule has 0 unspecified atom stereocenters. The molecule has 1 N–H and O–H groups in total. The minimum atomic E-state index is -0.276. The van der Waals surface area contributed by atoms with E-state index in [0.29, 0.717) is 12.1 Å². The maximum Gasteiger partial charge on any atom is 0.101 e. The lowest BCUT2D eigenvalue weighted by molar-refractivity contribution is 0.198. The van der Waals surface area contributed by atoms with Crippen molar-refractivity contribution in [3.05, 3.63) is 24.0 Å². The fraction of sp³-hybridized carbons (Fsp3) is 0.400. The Hall–Kier alpha value is -1.60. The molecule has 14 heavy (non-hydrogen) atoms. The van der Waals surface area contributed by atoms with Gasteiger partial charge in [-0.05, 0) is 12.5 Å². The number of rotatable bonds is 1. The van der Waals surface area contributed by atoms with Gasteiger partial charge in [0.1, 0.15) is 6.07 Å². The van der Waals surface area contributed by atoms with Crippen molar-refractivity contribution >= 4 is 5.69 Å². The molecule has 0 saturated carbocycles. The van der Waals surface area contributed by atoms with Crippen LogP contribution < -0.4 is 4.90 Å². The van der Waals surface area contributed by atoms with Crippen LogP contribution in [0.2, 0.25) is 0 Å². The van der Waals surface area contributed by atoms with Crippen molar-refractivity contribution in [2.45, 2.75) is 12.5 Å². The molecule has 0 aliphatic carbocycles. The first kappa shape index (κ1) is 8.97. The van der Waals surface area contributed by atoms with E-state index in [-0.39, 0.29) is 6.10 Å². The number of anilines is 1. The summed E-state index contributed by atoms with van der Waals surface area (Å²) in [6.45, 7) is 1.39. The van der Waals surface area contributed by atoms with Crippen LogP contribution in [0.5, 0.6) is 0 Å². The maximum absolute atomic E-state index is 9.38. The summed E-state index contributed by atoms with van der Waals surface area (Å²) in [4.78, 5) is 5.98. The van der Waals surface area contributed by atoms with E-state index in [0.717, 1.165) is 18.7 Å². The summed E-state index contributed by atoms with van der Waals surface area (Å²) in [5.41, 5.74) is 1.45. The van der Waals surface area contributed by atoms with Crippen LogP contribution in [0.15, 0.2) is 18.5 Å². The van der Waals surface area contributed by atoms with Crippen molar-refractivity contribution < 1.29 is 5.11 Å². The van der Waals surface area contributed by atoms with E-state index in [9.17, 15) is 5.11 Å². The second kappa shape index (κ2) is 3.64. The van der Waals surface area contributed by atoms with Crippen molar-refractivity contribution in [3.63, 3.8) is 0 Å². The van der Waals surface area contributed by atoms with Gasteiger partial charge in [0, 0.05) is 19.3 Å². The van der Waals surface area contributed by atoms with Crippen LogP contribution >= 0.6 is 0 Å². The van der Waals surface area contributed by atoms with Gasteiger partial charge in [-0.1, -0.05) is 0 Å². The SMILES string of the molecule is N#Cc1ccncc1N1CC[C@H](O)C1. The lowest BCUT2D eigenvalue weighted by atomic mass is 10.2. The van der Waals surface area contributed by atoms with Crippen molar-refractivity contribution in [3.8, 4) is 6.07 Å². The van der Waals surface area contributed by atoms with Gasteiger partial charge in [0.25, 0.3) is 0 Å². The monoisotopic (exact) mass is 189 g/mol. The largest absolute Gasteiger partial charge is 0.391 e. The van der Waals surface area contributed by atoms with E-state index in [1.54, 1.807) is 18.5 Å². The van der Waals surface area contributed by atoms with E-state index in [2.05, 4.69) is 11.1 Å². The summed E-state index contributed by atoms with van der Waals surface area (Å²) in [7, 11) is 0. The van der Waals surface area contributed by atoms with Crippen LogP contribution in [0.3, 0.4) is 0 Å². The highest BCUT2D eigenvalue weighted by atomic mass is 16.3. The van der Waals surface area contributed by atoms with Crippen LogP contribution in [0.4, 0.5) is 5.69 Å². The Morgan fingerprint density at radius 3 is 3.14 bits per heavy atom. The van der Waals surface area contributed by atoms with Crippen molar-refractivity contribution in [2.24, 2.45) is 0 Å². The van der Waals surface area contributed by atoms with Crippen LogP contribution in [0.25, 0.3) is 0 Å². The first-order chi connectivity index (χ1) is 6.81. The number of nitriles is 1. The normalized spacial score (nSPS) is 20.9. The van der Waals surface area contributed by atoms with Crippen LogP contribution in [0, 0.1) is 11.3 Å². The fourth-order valence-electron chi connectivity index (χ4n) is 1.69. The van der Waals surface area contributed by atoms with Crippen molar-refractivity contribution in [1.82, 2.24) is 4.98 Å². The van der Waals surface area contributed by atoms with Gasteiger partial charge in [0.15, 0.2) is 0 Å². The van der Waals surface area contributed by atoms with Crippen molar-refractivity contribution in [1.29, 1.82) is 5.26 Å². The van der Waals surface area contributed by atoms with E-state index >= 15 is 0 Å². The fourth-order valence-corrected chi connectivity index (χ4v) is 1.69. The van der Waals surface area contributed by atoms with E-state index < -0.39 is 0 Å². The van der Waals surface area contributed by atoms with Gasteiger partial charge in [-0.15, -0.1) is 0 Å². The van der Waals surface area contributed by atoms with E-state index in [1.165, 1.54) is 0 Å². The zero-order valence-corrected chi connectivity index (χ0v) is 7.72. The van der Waals surface area contributed by atoms with E-state index in [1.807, 2.05) is 4.90 Å². The Balaban J connectivity index is 2.28. The molecule has 2 rings (SSSR count). The first-order valence-electron chi connectivity index (χ1n) is 4.58. The van der Waals surface area contributed by atoms with Gasteiger partial charge in [0.05, 0.1) is 23.6 Å². The number of hydrogen-bond acceptors (Lipinski definition) is 4. The summed E-state index contributed by atoms with van der Waals surface area (Å²) in [6.07, 6.45) is 3.77. The van der Waals surface area contributed by atoms with Gasteiger partial charge in [-0.3, -0.25) is 4.98 Å². The molecule has 0 aromatic carbocycles. The predicted molar refractivity (Wildman–Crippen MR) is 51.8 cm³/mol. The van der Waals surface area contributed by atoms with Crippen molar-refractivity contribution in [2.75, 3.05) is 18.0 Å². The average molecular weight is 189 g/mol. The molecule has 0 spiro atoms. The standard InChI is InChI=1S/C10H11N3O/c11-5-8-1-3-12-6-10(8)13-4-2-9(14)7-13/h1,3,6,9,14H,2,4,7H2/t9-/m0/s1. The predicted octanol–water partition coefficient (Wildman–Crippen LogP) is 0.524. The molecule has 1 aromatic heterocycles. The number of aromatic nitrogens is 1. The molecule has 1 aromatic rings. The quantitative estimate of drug-likeness (QED) is 0.699. The summed E-state index contributed by atoms with van der Waals surface area (Å²) >= 11 is 0. The molecule has 1 saturated heterocycles. The van der Waals surface area contributed by atoms with Gasteiger partial charge in [-0.25, -0.2) is 0 Å². The second-order valence-corrected chi connectivity index (χ2v) is 3.39. The average Bonchev–Trinajstić information content (AvgIpc) is 2.65. The zero-order chi connectivity index (χ0) is 9.97. The third-order valence-electron chi connectivity index (χ3n) is 2.42. The number of aliphatic hydroxyl groups excluding tert-OH is 1. The topological polar surface area (TPSA) is 60.2 Å². The molecule has 0 amide bonds. The Kier molecular flexibility index (Phi) is 2.33. The van der Waals surface area contributed by atoms with Crippen LogP contribution in [-0.2, 0) is 0 Å². The highest BCUT2D eigenvalue weighted by molar-refractivity contribution is 5.58. The molecule has 4 heteroatoms. The summed E-state index contributed by atoms with van der Waals surface area (Å²) in [5.74, 6) is 0. The number of hydrogen-bond donors (Lipinski definition) is 1. The lowest BCUT2D eigenvalue weighted by Gasteiger charge is -2.18. The van der Waals surface area contributed by atoms with Crippen LogP contribution in [-0.4, -0.2) is 29.3 Å². The molecule has 0 bridgehead atoms. The highest BCUT2D eigenvalue weighted by Crippen LogP contribution is 2.22. The van der Waals surface area contributed by atoms with Crippen LogP contribution in [0.1, 0.15) is 12.0 Å². The molecule has 1 atom stereocenters. The zero-order valence-electron chi connectivity index (χ0n) is 7.72. The molecular weight excluding hydrogens is 178 g/mol. The third kappa shape index (κ3) is 1.54. The molecule has 4 nitrogen and oxygen atoms in total. The molecular formula is C10H11N3O. The van der Waals surface area contributed by atoms with Gasteiger partial charge >= 0.3 is 0 Å². The molecule has 0 radical (unpaired) electrons. The molecule has 72 valence electrons. The van der Waals surface area contributed by atoms with Gasteiger partial charge in [0.2, 0.25) is 0 Å². The Morgan fingerprint density at radius 1 is 1.64 bits per heavy atom. The number of aliphatic hydroxyl groups is 1. The first-order valence-corrected chi connectivity index (χ1v) is 4.58. The highest BCUT2D eigenvalue weighted by Gasteiger charge is 2.22. The Bertz CT molecular complexity index is 372. The third-order valence-corrected chi connectivity index (χ3v) is 2.42. The summed E-state index contributed by atoms with van der Waals surface area (Å²) in [6, 6.07) is 3.82. The number of nitrogens with zero attached hydrogens (tertiary/aromatic N) is 3. The molecule has 1 aliphatic heterocycles. The van der Waals surface area contributed by atoms with E-state index in [4.69, 9.17) is 5.26 Å². The van der Waals surface area contributed by atoms with Gasteiger partial charge < -0.3 is 10.0 Å². The second-order valence-electron chi connectivity index (χ2n) is 3.39. The molecule has 1 fully saturated rings. The minimum Gasteiger partial charge on any atom is -0.391 e. The molecule has 1 aliphatic rings. The molecule has 2 heterocycles. The minimum absolute atomic E-state index is 0.276. The maximum atomic E-state index is 9.38. The summed E-state index contributed by atoms with van der Waals surface area (Å²) in [5, 5.41) is 18.3. The Morgan fingerprint density at radius 2 is 2.50 bits per heavy atom. The Labute approximate surface area is 82.4 Å². The number of pyridine rings is 1. The number of β-amino-alcohol motifs (C(OH)–C–C–N with tert-alkyl or cyclic N) is 1.